The molecule has 3 aromatic carbocycles. The van der Waals surface area contributed by atoms with Gasteiger partial charge < -0.3 is 14.6 Å². The highest BCUT2D eigenvalue weighted by Crippen LogP contribution is 2.31. The molecule has 148 valence electrons. The number of para-hydroxylation sites is 1. The number of aromatic nitrogens is 1. The van der Waals surface area contributed by atoms with Crippen LogP contribution in [0.5, 0.6) is 5.75 Å². The summed E-state index contributed by atoms with van der Waals surface area (Å²) in [5.41, 5.74) is 5.50. The van der Waals surface area contributed by atoms with E-state index in [1.807, 2.05) is 43.3 Å². The first-order valence-electron chi connectivity index (χ1n) is 10.0. The number of nitrogens with zero attached hydrogens (tertiary/aromatic N) is 1. The summed E-state index contributed by atoms with van der Waals surface area (Å²) in [6.45, 7) is 8.91. The summed E-state index contributed by atoms with van der Waals surface area (Å²) in [5, 5.41) is 5.33. The number of hydrogen-bond acceptors (Lipinski definition) is 2. The molecule has 29 heavy (non-hydrogen) atoms. The van der Waals surface area contributed by atoms with Gasteiger partial charge in [-0.05, 0) is 75.2 Å². The highest BCUT2D eigenvalue weighted by Gasteiger charge is 2.16. The molecule has 0 bridgehead atoms. The van der Waals surface area contributed by atoms with E-state index in [1.165, 1.54) is 22.0 Å². The van der Waals surface area contributed by atoms with Crippen LogP contribution in [-0.4, -0.2) is 16.6 Å². The van der Waals surface area contributed by atoms with Crippen LogP contribution in [0.1, 0.15) is 25.0 Å². The van der Waals surface area contributed by atoms with Crippen molar-refractivity contribution in [2.45, 2.75) is 40.3 Å². The third-order valence-corrected chi connectivity index (χ3v) is 5.52. The van der Waals surface area contributed by atoms with Gasteiger partial charge in [-0.1, -0.05) is 24.3 Å². The first-order chi connectivity index (χ1) is 14.0. The van der Waals surface area contributed by atoms with Crippen molar-refractivity contribution in [1.82, 2.24) is 4.57 Å². The van der Waals surface area contributed by atoms with Crippen molar-refractivity contribution in [3.63, 3.8) is 0 Å². The van der Waals surface area contributed by atoms with Gasteiger partial charge in [0, 0.05) is 34.0 Å². The van der Waals surface area contributed by atoms with Crippen molar-refractivity contribution in [3.8, 4) is 5.75 Å². The predicted octanol–water partition coefficient (Wildman–Crippen LogP) is 5.84. The Hall–Kier alpha value is -3.27. The Morgan fingerprint density at radius 2 is 1.72 bits per heavy atom. The van der Waals surface area contributed by atoms with E-state index in [0.717, 1.165) is 23.2 Å². The summed E-state index contributed by atoms with van der Waals surface area (Å²) in [5.74, 6) is 0.541. The number of anilines is 1. The highest BCUT2D eigenvalue weighted by molar-refractivity contribution is 6.10. The molecule has 4 heteroatoms. The van der Waals surface area contributed by atoms with Crippen LogP contribution < -0.4 is 10.1 Å². The molecular formula is C25H26N2O2. The van der Waals surface area contributed by atoms with Crippen LogP contribution in [-0.2, 0) is 11.3 Å². The maximum atomic E-state index is 12.7. The molecule has 1 amide bonds. The molecule has 0 spiro atoms. The fourth-order valence-corrected chi connectivity index (χ4v) is 3.76. The fourth-order valence-electron chi connectivity index (χ4n) is 3.76. The maximum absolute atomic E-state index is 12.7. The Bertz CT molecular complexity index is 1210. The number of rotatable bonds is 5. The number of amides is 1. The maximum Gasteiger partial charge on any atom is 0.265 e. The van der Waals surface area contributed by atoms with Crippen molar-refractivity contribution in [1.29, 1.82) is 0 Å². The van der Waals surface area contributed by atoms with Gasteiger partial charge in [0.15, 0.2) is 6.10 Å². The summed E-state index contributed by atoms with van der Waals surface area (Å²) in [4.78, 5) is 12.7. The van der Waals surface area contributed by atoms with Gasteiger partial charge in [-0.2, -0.15) is 0 Å². The Kier molecular flexibility index (Phi) is 5.01. The van der Waals surface area contributed by atoms with Crippen molar-refractivity contribution in [3.05, 3.63) is 71.8 Å². The second-order valence-electron chi connectivity index (χ2n) is 7.49. The van der Waals surface area contributed by atoms with E-state index in [2.05, 4.69) is 48.0 Å². The summed E-state index contributed by atoms with van der Waals surface area (Å²) in [6, 6.07) is 20.3. The lowest BCUT2D eigenvalue weighted by molar-refractivity contribution is -0.122. The molecule has 0 radical (unpaired) electrons. The first kappa shape index (κ1) is 19.1. The smallest absolute Gasteiger partial charge is 0.265 e. The van der Waals surface area contributed by atoms with E-state index in [-0.39, 0.29) is 5.91 Å². The van der Waals surface area contributed by atoms with Crippen molar-refractivity contribution in [2.75, 3.05) is 5.32 Å². The second kappa shape index (κ2) is 7.63. The van der Waals surface area contributed by atoms with Gasteiger partial charge in [0.25, 0.3) is 5.91 Å². The van der Waals surface area contributed by atoms with Crippen molar-refractivity contribution < 1.29 is 9.53 Å². The van der Waals surface area contributed by atoms with Gasteiger partial charge in [0.05, 0.1) is 0 Å². The van der Waals surface area contributed by atoms with Crippen molar-refractivity contribution >= 4 is 33.4 Å². The standard InChI is InChI=1S/C25H26N2O2/c1-5-27-23-9-7-6-8-21(23)22-15-19(11-13-24(22)27)26-25(28)18(4)29-20-12-10-16(2)17(3)14-20/h6-15,18H,5H2,1-4H3,(H,26,28). The monoisotopic (exact) mass is 386 g/mol. The number of nitrogens with one attached hydrogen (secondary N) is 1. The fraction of sp³-hybridized carbons (Fsp3) is 0.240. The van der Waals surface area contributed by atoms with E-state index in [4.69, 9.17) is 4.74 Å². The molecule has 1 N–H and O–H groups in total. The molecule has 0 aliphatic rings. The van der Waals surface area contributed by atoms with Gasteiger partial charge in [-0.3, -0.25) is 4.79 Å². The minimum absolute atomic E-state index is 0.165. The van der Waals surface area contributed by atoms with Crippen LogP contribution in [0.4, 0.5) is 5.69 Å². The number of ether oxygens (including phenoxy) is 1. The van der Waals surface area contributed by atoms with E-state index in [1.54, 1.807) is 6.92 Å². The Balaban J connectivity index is 1.57. The predicted molar refractivity (Wildman–Crippen MR) is 120 cm³/mol. The zero-order valence-electron chi connectivity index (χ0n) is 17.3. The molecule has 4 aromatic rings. The molecule has 1 aromatic heterocycles. The minimum atomic E-state index is -0.593. The van der Waals surface area contributed by atoms with Crippen LogP contribution in [0.3, 0.4) is 0 Å². The van der Waals surface area contributed by atoms with Gasteiger partial charge >= 0.3 is 0 Å². The number of carbonyl (C=O) groups is 1. The van der Waals surface area contributed by atoms with Crippen LogP contribution in [0.25, 0.3) is 21.8 Å². The SMILES string of the molecule is CCn1c2ccccc2c2cc(NC(=O)C(C)Oc3ccc(C)c(C)c3)ccc21. The topological polar surface area (TPSA) is 43.3 Å². The van der Waals surface area contributed by atoms with Gasteiger partial charge in [0.1, 0.15) is 5.75 Å². The molecule has 1 atom stereocenters. The number of hydrogen-bond donors (Lipinski definition) is 1. The van der Waals surface area contributed by atoms with Crippen LogP contribution in [0.15, 0.2) is 60.7 Å². The second-order valence-corrected chi connectivity index (χ2v) is 7.49. The average Bonchev–Trinajstić information content (AvgIpc) is 3.03. The lowest BCUT2D eigenvalue weighted by atomic mass is 10.1. The molecule has 0 saturated carbocycles. The molecule has 0 fully saturated rings. The lowest BCUT2D eigenvalue weighted by Gasteiger charge is -2.16. The van der Waals surface area contributed by atoms with Crippen molar-refractivity contribution in [2.24, 2.45) is 0 Å². The van der Waals surface area contributed by atoms with Crippen LogP contribution >= 0.6 is 0 Å². The van der Waals surface area contributed by atoms with E-state index in [0.29, 0.717) is 5.75 Å². The Morgan fingerprint density at radius 3 is 2.48 bits per heavy atom. The summed E-state index contributed by atoms with van der Waals surface area (Å²) in [7, 11) is 0. The zero-order valence-corrected chi connectivity index (χ0v) is 17.3. The molecule has 1 heterocycles. The molecule has 0 saturated heterocycles. The summed E-state index contributed by atoms with van der Waals surface area (Å²) < 4.78 is 8.14. The van der Waals surface area contributed by atoms with Gasteiger partial charge in [-0.15, -0.1) is 0 Å². The average molecular weight is 386 g/mol. The van der Waals surface area contributed by atoms with Gasteiger partial charge in [0.2, 0.25) is 0 Å². The van der Waals surface area contributed by atoms with E-state index >= 15 is 0 Å². The zero-order chi connectivity index (χ0) is 20.5. The summed E-state index contributed by atoms with van der Waals surface area (Å²) >= 11 is 0. The largest absolute Gasteiger partial charge is 0.481 e. The van der Waals surface area contributed by atoms with Gasteiger partial charge in [-0.25, -0.2) is 0 Å². The molecule has 4 rings (SSSR count). The van der Waals surface area contributed by atoms with E-state index in [9.17, 15) is 4.79 Å². The Morgan fingerprint density at radius 1 is 0.966 bits per heavy atom. The quantitative estimate of drug-likeness (QED) is 0.468. The molecule has 4 nitrogen and oxygen atoms in total. The molecule has 1 unspecified atom stereocenters. The Labute approximate surface area is 171 Å². The minimum Gasteiger partial charge on any atom is -0.481 e. The van der Waals surface area contributed by atoms with Crippen LogP contribution in [0.2, 0.25) is 0 Å². The third kappa shape index (κ3) is 3.58. The van der Waals surface area contributed by atoms with Crippen LogP contribution in [0, 0.1) is 13.8 Å². The normalized spacial score (nSPS) is 12.3. The number of aryl methyl sites for hydroxylation is 3. The molecular weight excluding hydrogens is 360 g/mol. The highest BCUT2D eigenvalue weighted by atomic mass is 16.5. The lowest BCUT2D eigenvalue weighted by Crippen LogP contribution is -2.30. The number of benzene rings is 3. The number of fused-ring (bicyclic) bond motifs is 3. The molecule has 0 aliphatic carbocycles. The summed E-state index contributed by atoms with van der Waals surface area (Å²) in [6.07, 6.45) is -0.593. The van der Waals surface area contributed by atoms with E-state index < -0.39 is 6.10 Å². The third-order valence-electron chi connectivity index (χ3n) is 5.52. The molecule has 0 aliphatic heterocycles. The number of carbonyl (C=O) groups excluding carboxylic acids is 1. The first-order valence-corrected chi connectivity index (χ1v) is 10.0.